The molecule has 0 saturated heterocycles. The molecule has 0 aliphatic heterocycles. The molecular formula is C24H33NO3. The van der Waals surface area contributed by atoms with Gasteiger partial charge in [-0.15, -0.1) is 0 Å². The van der Waals surface area contributed by atoms with Crippen LogP contribution in [-0.4, -0.2) is 25.7 Å². The second kappa shape index (κ2) is 10.2. The zero-order valence-electron chi connectivity index (χ0n) is 17.7. The Morgan fingerprint density at radius 1 is 1.07 bits per heavy atom. The summed E-state index contributed by atoms with van der Waals surface area (Å²) in [6.07, 6.45) is 1.92. The molecule has 1 N–H and O–H groups in total. The second-order valence-electron chi connectivity index (χ2n) is 8.04. The Kier molecular flexibility index (Phi) is 7.91. The second-order valence-corrected chi connectivity index (χ2v) is 8.04. The summed E-state index contributed by atoms with van der Waals surface area (Å²) in [5.74, 6) is 1.53. The van der Waals surface area contributed by atoms with Crippen molar-refractivity contribution in [2.45, 2.75) is 58.5 Å². The molecule has 0 aliphatic carbocycles. The van der Waals surface area contributed by atoms with E-state index >= 15 is 0 Å². The monoisotopic (exact) mass is 383 g/mol. The van der Waals surface area contributed by atoms with E-state index in [9.17, 15) is 4.79 Å². The summed E-state index contributed by atoms with van der Waals surface area (Å²) in [7, 11) is 1.67. The maximum atomic E-state index is 12.5. The molecule has 0 bridgehead atoms. The third kappa shape index (κ3) is 6.59. The Labute approximate surface area is 169 Å². The van der Waals surface area contributed by atoms with E-state index < -0.39 is 6.10 Å². The van der Waals surface area contributed by atoms with Crippen molar-refractivity contribution in [3.63, 3.8) is 0 Å². The number of hydrogen-bond acceptors (Lipinski definition) is 3. The van der Waals surface area contributed by atoms with Crippen LogP contribution >= 0.6 is 0 Å². The lowest BCUT2D eigenvalue weighted by Gasteiger charge is -2.21. The molecule has 1 amide bonds. The Morgan fingerprint density at radius 2 is 1.79 bits per heavy atom. The van der Waals surface area contributed by atoms with Gasteiger partial charge in [0, 0.05) is 6.54 Å². The van der Waals surface area contributed by atoms with Gasteiger partial charge in [-0.1, -0.05) is 52.0 Å². The van der Waals surface area contributed by atoms with Gasteiger partial charge in [-0.05, 0) is 60.1 Å². The van der Waals surface area contributed by atoms with Crippen LogP contribution in [0.5, 0.6) is 11.5 Å². The van der Waals surface area contributed by atoms with E-state index in [0.29, 0.717) is 13.0 Å². The predicted molar refractivity (Wildman–Crippen MR) is 114 cm³/mol. The topological polar surface area (TPSA) is 47.6 Å². The molecule has 152 valence electrons. The molecule has 1 unspecified atom stereocenters. The minimum absolute atomic E-state index is 0.0620. The highest BCUT2D eigenvalue weighted by atomic mass is 16.5. The molecule has 0 aromatic heterocycles. The van der Waals surface area contributed by atoms with Gasteiger partial charge in [-0.25, -0.2) is 0 Å². The SMILES string of the molecule is CCC(Oc1ccc(C(C)(C)C)cc1)C(=O)NCCCc1cccc(OC)c1. The number of ether oxygens (including phenoxy) is 2. The molecule has 2 aromatic rings. The van der Waals surface area contributed by atoms with E-state index in [1.54, 1.807) is 7.11 Å². The average Bonchev–Trinajstić information content (AvgIpc) is 2.69. The van der Waals surface area contributed by atoms with Gasteiger partial charge >= 0.3 is 0 Å². The van der Waals surface area contributed by atoms with Gasteiger partial charge < -0.3 is 14.8 Å². The van der Waals surface area contributed by atoms with E-state index in [-0.39, 0.29) is 11.3 Å². The summed E-state index contributed by atoms with van der Waals surface area (Å²) in [6, 6.07) is 16.0. The van der Waals surface area contributed by atoms with Crippen molar-refractivity contribution in [3.05, 3.63) is 59.7 Å². The van der Waals surface area contributed by atoms with E-state index in [0.717, 1.165) is 24.3 Å². The molecular weight excluding hydrogens is 350 g/mol. The quantitative estimate of drug-likeness (QED) is 0.627. The molecule has 0 heterocycles. The van der Waals surface area contributed by atoms with Crippen molar-refractivity contribution in [2.75, 3.05) is 13.7 Å². The maximum Gasteiger partial charge on any atom is 0.261 e. The van der Waals surface area contributed by atoms with Crippen molar-refractivity contribution < 1.29 is 14.3 Å². The predicted octanol–water partition coefficient (Wildman–Crippen LogP) is 4.90. The molecule has 0 saturated carbocycles. The van der Waals surface area contributed by atoms with Gasteiger partial charge in [0.1, 0.15) is 11.5 Å². The van der Waals surface area contributed by atoms with Crippen LogP contribution in [0.2, 0.25) is 0 Å². The Balaban J connectivity index is 1.81. The summed E-state index contributed by atoms with van der Waals surface area (Å²) >= 11 is 0. The van der Waals surface area contributed by atoms with Crippen molar-refractivity contribution in [1.82, 2.24) is 5.32 Å². The normalized spacial score (nSPS) is 12.3. The summed E-state index contributed by atoms with van der Waals surface area (Å²) in [4.78, 5) is 12.5. The number of aryl methyl sites for hydroxylation is 1. The molecule has 0 spiro atoms. The fourth-order valence-corrected chi connectivity index (χ4v) is 2.97. The summed E-state index contributed by atoms with van der Waals surface area (Å²) in [6.45, 7) is 9.12. The lowest BCUT2D eigenvalue weighted by Crippen LogP contribution is -2.38. The third-order valence-corrected chi connectivity index (χ3v) is 4.74. The summed E-state index contributed by atoms with van der Waals surface area (Å²) in [5, 5.41) is 2.99. The highest BCUT2D eigenvalue weighted by molar-refractivity contribution is 5.81. The molecule has 2 rings (SSSR count). The largest absolute Gasteiger partial charge is 0.497 e. The third-order valence-electron chi connectivity index (χ3n) is 4.74. The van der Waals surface area contributed by atoms with Gasteiger partial charge in [-0.3, -0.25) is 4.79 Å². The molecule has 0 aliphatic rings. The van der Waals surface area contributed by atoms with Gasteiger partial charge in [0.2, 0.25) is 0 Å². The molecule has 28 heavy (non-hydrogen) atoms. The van der Waals surface area contributed by atoms with E-state index in [2.05, 4.69) is 44.3 Å². The van der Waals surface area contributed by atoms with Crippen LogP contribution in [0.4, 0.5) is 0 Å². The van der Waals surface area contributed by atoms with Gasteiger partial charge in [0.05, 0.1) is 7.11 Å². The highest BCUT2D eigenvalue weighted by Gasteiger charge is 2.19. The number of nitrogens with one attached hydrogen (secondary N) is 1. The molecule has 2 aromatic carbocycles. The first kappa shape index (κ1) is 21.8. The van der Waals surface area contributed by atoms with Crippen molar-refractivity contribution in [2.24, 2.45) is 0 Å². The van der Waals surface area contributed by atoms with Crippen LogP contribution in [0.1, 0.15) is 51.7 Å². The van der Waals surface area contributed by atoms with Crippen LogP contribution in [0.15, 0.2) is 48.5 Å². The zero-order valence-corrected chi connectivity index (χ0v) is 17.7. The molecule has 4 heteroatoms. The first-order valence-corrected chi connectivity index (χ1v) is 10.0. The number of hydrogen-bond donors (Lipinski definition) is 1. The van der Waals surface area contributed by atoms with Crippen molar-refractivity contribution in [3.8, 4) is 11.5 Å². The van der Waals surface area contributed by atoms with E-state index in [1.807, 2.05) is 37.3 Å². The standard InChI is InChI=1S/C24H33NO3/c1-6-22(28-20-14-12-19(13-15-20)24(2,3)4)23(26)25-16-8-10-18-9-7-11-21(17-18)27-5/h7,9,11-15,17,22H,6,8,10,16H2,1-5H3,(H,25,26). The van der Waals surface area contributed by atoms with Crippen LogP contribution < -0.4 is 14.8 Å². The van der Waals surface area contributed by atoms with Gasteiger partial charge in [0.15, 0.2) is 6.10 Å². The smallest absolute Gasteiger partial charge is 0.261 e. The molecule has 1 atom stereocenters. The number of benzene rings is 2. The maximum absolute atomic E-state index is 12.5. The molecule has 0 fully saturated rings. The minimum atomic E-state index is -0.475. The fourth-order valence-electron chi connectivity index (χ4n) is 2.97. The Bertz CT molecular complexity index is 747. The fraction of sp³-hybridized carbons (Fsp3) is 0.458. The average molecular weight is 384 g/mol. The van der Waals surface area contributed by atoms with Crippen molar-refractivity contribution >= 4 is 5.91 Å². The van der Waals surface area contributed by atoms with Gasteiger partial charge in [0.25, 0.3) is 5.91 Å². The number of methoxy groups -OCH3 is 1. The van der Waals surface area contributed by atoms with E-state index in [1.165, 1.54) is 11.1 Å². The lowest BCUT2D eigenvalue weighted by atomic mass is 9.87. The number of carbonyl (C=O) groups excluding carboxylic acids is 1. The zero-order chi connectivity index (χ0) is 20.6. The van der Waals surface area contributed by atoms with Crippen LogP contribution in [0, 0.1) is 0 Å². The van der Waals surface area contributed by atoms with Crippen LogP contribution in [-0.2, 0) is 16.6 Å². The Morgan fingerprint density at radius 3 is 2.39 bits per heavy atom. The number of carbonyl (C=O) groups is 1. The first-order chi connectivity index (χ1) is 13.3. The van der Waals surface area contributed by atoms with E-state index in [4.69, 9.17) is 9.47 Å². The minimum Gasteiger partial charge on any atom is -0.497 e. The number of rotatable bonds is 9. The Hall–Kier alpha value is -2.49. The molecule has 0 radical (unpaired) electrons. The molecule has 4 nitrogen and oxygen atoms in total. The van der Waals surface area contributed by atoms with Crippen molar-refractivity contribution in [1.29, 1.82) is 0 Å². The van der Waals surface area contributed by atoms with Gasteiger partial charge in [-0.2, -0.15) is 0 Å². The van der Waals surface area contributed by atoms with Crippen LogP contribution in [0.25, 0.3) is 0 Å². The van der Waals surface area contributed by atoms with Crippen LogP contribution in [0.3, 0.4) is 0 Å². The summed E-state index contributed by atoms with van der Waals surface area (Å²) < 4.78 is 11.2. The highest BCUT2D eigenvalue weighted by Crippen LogP contribution is 2.25. The summed E-state index contributed by atoms with van der Waals surface area (Å²) in [5.41, 5.74) is 2.55. The lowest BCUT2D eigenvalue weighted by molar-refractivity contribution is -0.128. The number of amides is 1. The first-order valence-electron chi connectivity index (χ1n) is 10.0.